The number of aryl methyl sites for hydroxylation is 2. The molecule has 0 saturated carbocycles. The van der Waals surface area contributed by atoms with Crippen molar-refractivity contribution in [2.24, 2.45) is 0 Å². The van der Waals surface area contributed by atoms with E-state index in [0.29, 0.717) is 0 Å². The molecule has 1 atom stereocenters. The number of halogens is 3. The predicted octanol–water partition coefficient (Wildman–Crippen LogP) is 3.49. The van der Waals surface area contributed by atoms with E-state index >= 15 is 0 Å². The van der Waals surface area contributed by atoms with Crippen molar-refractivity contribution >= 4 is 17.6 Å². The van der Waals surface area contributed by atoms with Crippen molar-refractivity contribution in [1.29, 1.82) is 0 Å². The number of esters is 1. The summed E-state index contributed by atoms with van der Waals surface area (Å²) in [6, 6.07) is 4.52. The maximum absolute atomic E-state index is 12.9. The number of carbonyl (C=O) groups is 2. The lowest BCUT2D eigenvalue weighted by Crippen LogP contribution is -2.31. The van der Waals surface area contributed by atoms with Crippen molar-refractivity contribution in [3.8, 4) is 0 Å². The van der Waals surface area contributed by atoms with Crippen LogP contribution in [0.4, 0.5) is 18.9 Å². The first kappa shape index (κ1) is 18.5. The van der Waals surface area contributed by atoms with Crippen LogP contribution in [-0.2, 0) is 15.7 Å². The summed E-state index contributed by atoms with van der Waals surface area (Å²) in [7, 11) is 0. The van der Waals surface area contributed by atoms with Crippen LogP contribution >= 0.6 is 0 Å². The van der Waals surface area contributed by atoms with Crippen LogP contribution in [0.25, 0.3) is 0 Å². The molecule has 1 N–H and O–H groups in total. The molecule has 0 fully saturated rings. The van der Waals surface area contributed by atoms with Crippen molar-refractivity contribution in [2.45, 2.75) is 33.1 Å². The Bertz CT molecular complexity index is 779. The Hall–Kier alpha value is -2.84. The molecule has 0 saturated heterocycles. The molecule has 134 valence electrons. The molecule has 0 radical (unpaired) electrons. The average molecular weight is 356 g/mol. The minimum atomic E-state index is -4.62. The maximum atomic E-state index is 12.9. The first-order valence-corrected chi connectivity index (χ1v) is 7.22. The number of rotatable bonds is 4. The number of amides is 1. The Labute approximate surface area is 140 Å². The first-order valence-electron chi connectivity index (χ1n) is 7.22. The predicted molar refractivity (Wildman–Crippen MR) is 80.9 cm³/mol. The Kier molecular flexibility index (Phi) is 5.15. The molecule has 0 bridgehead atoms. The van der Waals surface area contributed by atoms with Crippen molar-refractivity contribution in [2.75, 3.05) is 5.32 Å². The number of aromatic nitrogens is 1. The molecule has 0 spiro atoms. The van der Waals surface area contributed by atoms with Gasteiger partial charge in [-0.15, -0.1) is 0 Å². The highest BCUT2D eigenvalue weighted by atomic mass is 19.4. The summed E-state index contributed by atoms with van der Waals surface area (Å²) < 4.78 is 48.6. The van der Waals surface area contributed by atoms with E-state index in [-0.39, 0.29) is 17.0 Å². The molecule has 0 aliphatic rings. The fourth-order valence-corrected chi connectivity index (χ4v) is 2.12. The van der Waals surface area contributed by atoms with Gasteiger partial charge in [0.05, 0.1) is 16.9 Å². The number of anilines is 1. The molecule has 1 aromatic carbocycles. The average Bonchev–Trinajstić information content (AvgIpc) is 2.85. The number of alkyl halides is 3. The van der Waals surface area contributed by atoms with E-state index < -0.39 is 35.4 Å². The molecule has 25 heavy (non-hydrogen) atoms. The molecule has 1 heterocycles. The minimum Gasteiger partial charge on any atom is -0.449 e. The molecule has 1 amide bonds. The SMILES string of the molecule is Cc1noc(C)c1C(=O)OC(C)C(=O)Nc1ccccc1C(F)(F)F. The molecular formula is C16H15F3N2O4. The van der Waals surface area contributed by atoms with Gasteiger partial charge in [0.1, 0.15) is 11.3 Å². The van der Waals surface area contributed by atoms with Crippen molar-refractivity contribution in [3.05, 3.63) is 46.8 Å². The van der Waals surface area contributed by atoms with Crippen molar-refractivity contribution in [3.63, 3.8) is 0 Å². The summed E-state index contributed by atoms with van der Waals surface area (Å²) in [5, 5.41) is 5.72. The number of hydrogen-bond acceptors (Lipinski definition) is 5. The second-order valence-electron chi connectivity index (χ2n) is 5.28. The second kappa shape index (κ2) is 6.96. The number of benzene rings is 1. The van der Waals surface area contributed by atoms with Gasteiger partial charge in [0.25, 0.3) is 5.91 Å². The maximum Gasteiger partial charge on any atom is 0.418 e. The normalized spacial score (nSPS) is 12.6. The van der Waals surface area contributed by atoms with E-state index in [2.05, 4.69) is 10.5 Å². The molecule has 2 aromatic rings. The van der Waals surface area contributed by atoms with Crippen LogP contribution in [0.2, 0.25) is 0 Å². The summed E-state index contributed by atoms with van der Waals surface area (Å²) in [5.41, 5.74) is -1.04. The number of ether oxygens (including phenoxy) is 1. The molecule has 6 nitrogen and oxygen atoms in total. The molecule has 1 unspecified atom stereocenters. The second-order valence-corrected chi connectivity index (χ2v) is 5.28. The number of carbonyl (C=O) groups excluding carboxylic acids is 2. The highest BCUT2D eigenvalue weighted by Crippen LogP contribution is 2.34. The smallest absolute Gasteiger partial charge is 0.418 e. The van der Waals surface area contributed by atoms with E-state index in [9.17, 15) is 22.8 Å². The van der Waals surface area contributed by atoms with Crippen LogP contribution < -0.4 is 5.32 Å². The lowest BCUT2D eigenvalue weighted by molar-refractivity contribution is -0.137. The van der Waals surface area contributed by atoms with Gasteiger partial charge in [0, 0.05) is 0 Å². The zero-order valence-corrected chi connectivity index (χ0v) is 13.6. The fraction of sp³-hybridized carbons (Fsp3) is 0.312. The standard InChI is InChI=1S/C16H15F3N2O4/c1-8-13(9(2)25-21-8)15(23)24-10(3)14(22)20-12-7-5-4-6-11(12)16(17,18)19/h4-7,10H,1-3H3,(H,20,22). The van der Waals surface area contributed by atoms with E-state index in [0.717, 1.165) is 12.1 Å². The van der Waals surface area contributed by atoms with Crippen LogP contribution in [0.5, 0.6) is 0 Å². The summed E-state index contributed by atoms with van der Waals surface area (Å²) in [6.07, 6.45) is -5.94. The van der Waals surface area contributed by atoms with Gasteiger partial charge in [-0.3, -0.25) is 4.79 Å². The van der Waals surface area contributed by atoms with E-state index in [4.69, 9.17) is 9.26 Å². The van der Waals surface area contributed by atoms with Gasteiger partial charge < -0.3 is 14.6 Å². The Morgan fingerprint density at radius 3 is 2.44 bits per heavy atom. The molecular weight excluding hydrogens is 341 g/mol. The first-order chi connectivity index (χ1) is 11.6. The van der Waals surface area contributed by atoms with Crippen LogP contribution in [0.3, 0.4) is 0 Å². The zero-order valence-electron chi connectivity index (χ0n) is 13.6. The fourth-order valence-electron chi connectivity index (χ4n) is 2.12. The van der Waals surface area contributed by atoms with E-state index in [1.165, 1.54) is 32.9 Å². The van der Waals surface area contributed by atoms with Gasteiger partial charge in [0.2, 0.25) is 0 Å². The van der Waals surface area contributed by atoms with E-state index in [1.54, 1.807) is 0 Å². The van der Waals surface area contributed by atoms with Gasteiger partial charge in [-0.25, -0.2) is 4.79 Å². The largest absolute Gasteiger partial charge is 0.449 e. The number of nitrogens with one attached hydrogen (secondary N) is 1. The lowest BCUT2D eigenvalue weighted by Gasteiger charge is -2.16. The summed E-state index contributed by atoms with van der Waals surface area (Å²) >= 11 is 0. The number of hydrogen-bond donors (Lipinski definition) is 1. The van der Waals surface area contributed by atoms with Gasteiger partial charge in [-0.2, -0.15) is 13.2 Å². The monoisotopic (exact) mass is 356 g/mol. The third-order valence-electron chi connectivity index (χ3n) is 3.38. The van der Waals surface area contributed by atoms with Crippen LogP contribution in [-0.4, -0.2) is 23.1 Å². The molecule has 2 rings (SSSR count). The van der Waals surface area contributed by atoms with Crippen LogP contribution in [0.15, 0.2) is 28.8 Å². The highest BCUT2D eigenvalue weighted by Gasteiger charge is 2.34. The summed E-state index contributed by atoms with van der Waals surface area (Å²) in [4.78, 5) is 24.1. The zero-order chi connectivity index (χ0) is 18.8. The molecule has 9 heteroatoms. The molecule has 1 aromatic heterocycles. The van der Waals surface area contributed by atoms with Gasteiger partial charge >= 0.3 is 12.1 Å². The summed E-state index contributed by atoms with van der Waals surface area (Å²) in [5.74, 6) is -1.52. The Balaban J connectivity index is 2.11. The Morgan fingerprint density at radius 1 is 1.24 bits per heavy atom. The van der Waals surface area contributed by atoms with E-state index in [1.807, 2.05) is 0 Å². The third-order valence-corrected chi connectivity index (χ3v) is 3.38. The van der Waals surface area contributed by atoms with Crippen molar-refractivity contribution < 1.29 is 32.0 Å². The van der Waals surface area contributed by atoms with Gasteiger partial charge in [-0.1, -0.05) is 17.3 Å². The minimum absolute atomic E-state index is 0.0790. The number of para-hydroxylation sites is 1. The topological polar surface area (TPSA) is 81.4 Å². The lowest BCUT2D eigenvalue weighted by atomic mass is 10.1. The quantitative estimate of drug-likeness (QED) is 0.848. The number of nitrogens with zero attached hydrogens (tertiary/aromatic N) is 1. The van der Waals surface area contributed by atoms with Gasteiger partial charge in [0.15, 0.2) is 6.10 Å². The van der Waals surface area contributed by atoms with Crippen LogP contribution in [0, 0.1) is 13.8 Å². The highest BCUT2D eigenvalue weighted by molar-refractivity contribution is 5.98. The molecule has 0 aliphatic carbocycles. The van der Waals surface area contributed by atoms with Gasteiger partial charge in [-0.05, 0) is 32.9 Å². The Morgan fingerprint density at radius 2 is 1.88 bits per heavy atom. The van der Waals surface area contributed by atoms with Crippen LogP contribution in [0.1, 0.15) is 34.3 Å². The van der Waals surface area contributed by atoms with Crippen molar-refractivity contribution in [1.82, 2.24) is 5.16 Å². The third kappa shape index (κ3) is 4.17. The molecule has 0 aliphatic heterocycles. The summed E-state index contributed by atoms with van der Waals surface area (Å²) in [6.45, 7) is 4.28.